The second-order valence-corrected chi connectivity index (χ2v) is 1.53. The van der Waals surface area contributed by atoms with Crippen LogP contribution in [0.2, 0.25) is 0 Å². The molecule has 0 amide bonds. The van der Waals surface area contributed by atoms with Crippen molar-refractivity contribution in [2.45, 2.75) is 6.92 Å². The molecule has 0 aliphatic rings. The fraction of sp³-hybridized carbons (Fsp3) is 0.600. The van der Waals surface area contributed by atoms with Crippen LogP contribution in [0.15, 0.2) is 11.8 Å². The van der Waals surface area contributed by atoms with E-state index in [2.05, 4.69) is 4.74 Å². The van der Waals surface area contributed by atoms with Crippen molar-refractivity contribution in [1.82, 2.24) is 0 Å². The van der Waals surface area contributed by atoms with Crippen LogP contribution in [-0.4, -0.2) is 18.6 Å². The Balaban J connectivity index is 3.56. The Morgan fingerprint density at radius 1 is 1.89 bits per heavy atom. The van der Waals surface area contributed by atoms with Gasteiger partial charge in [-0.2, -0.15) is 0 Å². The van der Waals surface area contributed by atoms with Gasteiger partial charge in [0.15, 0.2) is 0 Å². The molecule has 0 rings (SSSR count). The maximum atomic E-state index is 9.73. The lowest BCUT2D eigenvalue weighted by Crippen LogP contribution is -1.97. The Bertz CT molecular complexity index is 130. The van der Waals surface area contributed by atoms with Gasteiger partial charge < -0.3 is 4.74 Å². The highest BCUT2D eigenvalue weighted by molar-refractivity contribution is 4.86. The van der Waals surface area contributed by atoms with Crippen molar-refractivity contribution in [2.75, 3.05) is 13.7 Å². The molecule has 0 atom stereocenters. The highest BCUT2D eigenvalue weighted by Crippen LogP contribution is 1.90. The van der Waals surface area contributed by atoms with Crippen molar-refractivity contribution < 1.29 is 9.66 Å². The van der Waals surface area contributed by atoms with Crippen LogP contribution in [0, 0.1) is 10.1 Å². The van der Waals surface area contributed by atoms with Crippen LogP contribution in [0.4, 0.5) is 0 Å². The van der Waals surface area contributed by atoms with Crippen LogP contribution >= 0.6 is 0 Å². The summed E-state index contributed by atoms with van der Waals surface area (Å²) in [5, 5.41) is 9.73. The molecule has 0 unspecified atom stereocenters. The summed E-state index contributed by atoms with van der Waals surface area (Å²) in [6.07, 6.45) is 1.42. The Morgan fingerprint density at radius 2 is 2.44 bits per heavy atom. The van der Waals surface area contributed by atoms with Gasteiger partial charge in [-0.1, -0.05) is 0 Å². The van der Waals surface area contributed by atoms with Crippen LogP contribution in [0.25, 0.3) is 0 Å². The first-order valence-corrected chi connectivity index (χ1v) is 2.49. The summed E-state index contributed by atoms with van der Waals surface area (Å²) in [6, 6.07) is 0. The molecule has 0 N–H and O–H groups in total. The molecule has 0 heterocycles. The molecule has 0 aliphatic heterocycles. The number of hydrogen-bond acceptors (Lipinski definition) is 3. The zero-order valence-corrected chi connectivity index (χ0v) is 5.46. The molecule has 0 radical (unpaired) electrons. The highest BCUT2D eigenvalue weighted by Gasteiger charge is 1.91. The van der Waals surface area contributed by atoms with E-state index in [9.17, 15) is 10.1 Å². The van der Waals surface area contributed by atoms with E-state index >= 15 is 0 Å². The fourth-order valence-corrected chi connectivity index (χ4v) is 0.286. The summed E-state index contributed by atoms with van der Waals surface area (Å²) in [7, 11) is 1.48. The highest BCUT2D eigenvalue weighted by atomic mass is 16.6. The Hall–Kier alpha value is -1.06. The van der Waals surface area contributed by atoms with Crippen molar-refractivity contribution in [1.29, 1.82) is 0 Å². The quantitative estimate of drug-likeness (QED) is 0.323. The Morgan fingerprint density at radius 3 is 2.78 bits per heavy atom. The van der Waals surface area contributed by atoms with Crippen molar-refractivity contribution >= 4 is 0 Å². The van der Waals surface area contributed by atoms with E-state index in [1.807, 2.05) is 0 Å². The average Bonchev–Trinajstić information content (AvgIpc) is 1.83. The van der Waals surface area contributed by atoms with Crippen LogP contribution in [0.1, 0.15) is 6.92 Å². The number of nitrogens with zero attached hydrogens (tertiary/aromatic N) is 1. The molecule has 9 heavy (non-hydrogen) atoms. The van der Waals surface area contributed by atoms with E-state index in [1.54, 1.807) is 6.92 Å². The van der Waals surface area contributed by atoms with Gasteiger partial charge >= 0.3 is 0 Å². The van der Waals surface area contributed by atoms with Gasteiger partial charge in [0.25, 0.3) is 0 Å². The summed E-state index contributed by atoms with van der Waals surface area (Å²) in [5.74, 6) is 0.576. The molecule has 52 valence electrons. The van der Waals surface area contributed by atoms with Gasteiger partial charge in [-0.25, -0.2) is 0 Å². The fourth-order valence-electron chi connectivity index (χ4n) is 0.286. The molecule has 0 fully saturated rings. The summed E-state index contributed by atoms with van der Waals surface area (Å²) < 4.78 is 4.66. The second kappa shape index (κ2) is 3.88. The molecule has 4 nitrogen and oxygen atoms in total. The lowest BCUT2D eigenvalue weighted by Gasteiger charge is -1.93. The van der Waals surface area contributed by atoms with Crippen LogP contribution in [0.5, 0.6) is 0 Å². The molecular formula is C5H9NO3. The van der Waals surface area contributed by atoms with Crippen molar-refractivity contribution in [2.24, 2.45) is 0 Å². The molecule has 0 aliphatic carbocycles. The monoisotopic (exact) mass is 131 g/mol. The zero-order valence-electron chi connectivity index (χ0n) is 5.46. The van der Waals surface area contributed by atoms with Crippen LogP contribution in [-0.2, 0) is 4.74 Å². The maximum absolute atomic E-state index is 9.73. The molecule has 0 aromatic carbocycles. The predicted octanol–water partition coefficient (Wildman–Crippen LogP) is 0.813. The van der Waals surface area contributed by atoms with Gasteiger partial charge in [0.05, 0.1) is 12.9 Å². The third kappa shape index (κ3) is 4.80. The SMILES string of the molecule is CO/C(C)=C/C[N+](=O)[O-]. The van der Waals surface area contributed by atoms with E-state index in [1.165, 1.54) is 13.2 Å². The van der Waals surface area contributed by atoms with Crippen molar-refractivity contribution in [3.05, 3.63) is 21.9 Å². The molecule has 0 saturated heterocycles. The minimum Gasteiger partial charge on any atom is -0.501 e. The molecule has 0 bridgehead atoms. The largest absolute Gasteiger partial charge is 0.501 e. The number of methoxy groups -OCH3 is 1. The Kier molecular flexibility index (Phi) is 3.43. The number of hydrogen-bond donors (Lipinski definition) is 0. The summed E-state index contributed by atoms with van der Waals surface area (Å²) in [5.41, 5.74) is 0. The molecule has 0 aromatic rings. The first kappa shape index (κ1) is 7.94. The van der Waals surface area contributed by atoms with Gasteiger partial charge in [0.2, 0.25) is 6.54 Å². The topological polar surface area (TPSA) is 52.4 Å². The normalized spacial score (nSPS) is 11.1. The van der Waals surface area contributed by atoms with E-state index in [0.29, 0.717) is 5.76 Å². The van der Waals surface area contributed by atoms with E-state index in [-0.39, 0.29) is 6.54 Å². The minimum atomic E-state index is -0.414. The summed E-state index contributed by atoms with van der Waals surface area (Å²) in [6.45, 7) is 1.50. The molecular weight excluding hydrogens is 122 g/mol. The van der Waals surface area contributed by atoms with E-state index < -0.39 is 4.92 Å². The molecule has 0 spiro atoms. The van der Waals surface area contributed by atoms with Gasteiger partial charge in [-0.15, -0.1) is 0 Å². The number of nitro groups is 1. The minimum absolute atomic E-state index is 0.167. The molecule has 0 saturated carbocycles. The summed E-state index contributed by atoms with van der Waals surface area (Å²) in [4.78, 5) is 9.31. The molecule has 4 heteroatoms. The lowest BCUT2D eigenvalue weighted by molar-refractivity contribution is -0.468. The van der Waals surface area contributed by atoms with Gasteiger partial charge in [-0.05, 0) is 6.92 Å². The number of allylic oxidation sites excluding steroid dienone is 1. The van der Waals surface area contributed by atoms with Gasteiger partial charge in [0.1, 0.15) is 0 Å². The third-order valence-corrected chi connectivity index (χ3v) is 0.850. The predicted molar refractivity (Wildman–Crippen MR) is 32.6 cm³/mol. The van der Waals surface area contributed by atoms with E-state index in [0.717, 1.165) is 0 Å². The first-order valence-electron chi connectivity index (χ1n) is 2.49. The average molecular weight is 131 g/mol. The maximum Gasteiger partial charge on any atom is 0.225 e. The third-order valence-electron chi connectivity index (χ3n) is 0.850. The standard InChI is InChI=1S/C5H9NO3/c1-5(9-2)3-4-6(7)8/h3H,4H2,1-2H3/b5-3+. The zero-order chi connectivity index (χ0) is 7.28. The number of rotatable bonds is 3. The Labute approximate surface area is 53.3 Å². The first-order chi connectivity index (χ1) is 4.16. The van der Waals surface area contributed by atoms with Crippen molar-refractivity contribution in [3.63, 3.8) is 0 Å². The van der Waals surface area contributed by atoms with Crippen LogP contribution < -0.4 is 0 Å². The second-order valence-electron chi connectivity index (χ2n) is 1.53. The van der Waals surface area contributed by atoms with Gasteiger partial charge in [-0.3, -0.25) is 10.1 Å². The van der Waals surface area contributed by atoms with Crippen molar-refractivity contribution in [3.8, 4) is 0 Å². The van der Waals surface area contributed by atoms with Crippen LogP contribution in [0.3, 0.4) is 0 Å². The summed E-state index contributed by atoms with van der Waals surface area (Å²) >= 11 is 0. The van der Waals surface area contributed by atoms with Gasteiger partial charge in [0, 0.05) is 11.0 Å². The smallest absolute Gasteiger partial charge is 0.225 e. The molecule has 0 aromatic heterocycles. The number of ether oxygens (including phenoxy) is 1. The van der Waals surface area contributed by atoms with E-state index in [4.69, 9.17) is 0 Å². The lowest BCUT2D eigenvalue weighted by atomic mass is 10.5.